The van der Waals surface area contributed by atoms with Gasteiger partial charge in [0.1, 0.15) is 5.41 Å². The maximum atomic E-state index is 12.7. The standard InChI is InChI=1S/C17H23BrN2O/c1-4-10-17(13-19,11-5-2)16(21)20(3)12-14-6-8-15(18)9-7-14/h6-9H,4-5,10-12H2,1-3H3. The molecule has 114 valence electrons. The molecule has 1 rings (SSSR count). The lowest BCUT2D eigenvalue weighted by Crippen LogP contribution is -2.41. The number of nitrogens with zero attached hydrogens (tertiary/aromatic N) is 2. The normalized spacial score (nSPS) is 11.0. The first-order chi connectivity index (χ1) is 9.99. The molecule has 3 nitrogen and oxygen atoms in total. The second kappa shape index (κ2) is 8.19. The first-order valence-corrected chi connectivity index (χ1v) is 8.19. The van der Waals surface area contributed by atoms with Gasteiger partial charge in [-0.15, -0.1) is 0 Å². The van der Waals surface area contributed by atoms with Crippen LogP contribution in [-0.2, 0) is 11.3 Å². The van der Waals surface area contributed by atoms with E-state index in [0.29, 0.717) is 19.4 Å². The van der Waals surface area contributed by atoms with Crippen molar-refractivity contribution in [1.29, 1.82) is 5.26 Å². The Morgan fingerprint density at radius 3 is 2.19 bits per heavy atom. The van der Waals surface area contributed by atoms with E-state index in [0.717, 1.165) is 22.9 Å². The van der Waals surface area contributed by atoms with Crippen molar-refractivity contribution in [3.05, 3.63) is 34.3 Å². The van der Waals surface area contributed by atoms with Gasteiger partial charge in [-0.3, -0.25) is 4.79 Å². The van der Waals surface area contributed by atoms with Crippen molar-refractivity contribution < 1.29 is 4.79 Å². The molecule has 0 atom stereocenters. The van der Waals surface area contributed by atoms with E-state index >= 15 is 0 Å². The van der Waals surface area contributed by atoms with Crippen LogP contribution >= 0.6 is 15.9 Å². The Labute approximate surface area is 136 Å². The summed E-state index contributed by atoms with van der Waals surface area (Å²) < 4.78 is 1.02. The van der Waals surface area contributed by atoms with Crippen molar-refractivity contribution in [1.82, 2.24) is 4.90 Å². The highest BCUT2D eigenvalue weighted by Crippen LogP contribution is 2.31. The van der Waals surface area contributed by atoms with Crippen molar-refractivity contribution in [2.24, 2.45) is 5.41 Å². The molecule has 21 heavy (non-hydrogen) atoms. The summed E-state index contributed by atoms with van der Waals surface area (Å²) in [6, 6.07) is 10.2. The first-order valence-electron chi connectivity index (χ1n) is 7.40. The molecule has 0 aromatic heterocycles. The second-order valence-electron chi connectivity index (χ2n) is 5.48. The fraction of sp³-hybridized carbons (Fsp3) is 0.529. The summed E-state index contributed by atoms with van der Waals surface area (Å²) >= 11 is 3.40. The van der Waals surface area contributed by atoms with Gasteiger partial charge >= 0.3 is 0 Å². The van der Waals surface area contributed by atoms with Gasteiger partial charge in [0.15, 0.2) is 0 Å². The molecule has 0 spiro atoms. The molecule has 0 fully saturated rings. The van der Waals surface area contributed by atoms with E-state index in [1.807, 2.05) is 38.1 Å². The van der Waals surface area contributed by atoms with Crippen LogP contribution < -0.4 is 0 Å². The van der Waals surface area contributed by atoms with Crippen LogP contribution in [0.3, 0.4) is 0 Å². The Kier molecular flexibility index (Phi) is 6.91. The number of benzene rings is 1. The van der Waals surface area contributed by atoms with Gasteiger partial charge in [0, 0.05) is 18.1 Å². The summed E-state index contributed by atoms with van der Waals surface area (Å²) in [6.45, 7) is 4.57. The first kappa shape index (κ1) is 17.7. The lowest BCUT2D eigenvalue weighted by molar-refractivity contribution is -0.139. The topological polar surface area (TPSA) is 44.1 Å². The largest absolute Gasteiger partial charge is 0.340 e. The Bertz CT molecular complexity index is 499. The maximum absolute atomic E-state index is 12.7. The zero-order valence-electron chi connectivity index (χ0n) is 13.0. The fourth-order valence-electron chi connectivity index (χ4n) is 2.65. The van der Waals surface area contributed by atoms with Crippen LogP contribution in [0, 0.1) is 16.7 Å². The van der Waals surface area contributed by atoms with Crippen LogP contribution in [0.5, 0.6) is 0 Å². The lowest BCUT2D eigenvalue weighted by atomic mass is 9.79. The molecule has 0 saturated heterocycles. The molecule has 0 unspecified atom stereocenters. The lowest BCUT2D eigenvalue weighted by Gasteiger charge is -2.30. The SMILES string of the molecule is CCCC(C#N)(CCC)C(=O)N(C)Cc1ccc(Br)cc1. The van der Waals surface area contributed by atoms with Gasteiger partial charge in [0.05, 0.1) is 6.07 Å². The zero-order chi connectivity index (χ0) is 15.9. The number of rotatable bonds is 7. The Morgan fingerprint density at radius 2 is 1.76 bits per heavy atom. The highest BCUT2D eigenvalue weighted by Gasteiger charge is 2.38. The molecule has 0 bridgehead atoms. The molecular formula is C17H23BrN2O. The molecule has 1 amide bonds. The molecule has 0 aliphatic rings. The predicted molar refractivity (Wildman–Crippen MR) is 88.5 cm³/mol. The summed E-state index contributed by atoms with van der Waals surface area (Å²) in [5, 5.41) is 9.56. The van der Waals surface area contributed by atoms with Gasteiger partial charge in [-0.2, -0.15) is 5.26 Å². The number of carbonyl (C=O) groups is 1. The fourth-order valence-corrected chi connectivity index (χ4v) is 2.92. The van der Waals surface area contributed by atoms with E-state index < -0.39 is 5.41 Å². The third kappa shape index (κ3) is 4.57. The third-order valence-corrected chi connectivity index (χ3v) is 4.19. The highest BCUT2D eigenvalue weighted by atomic mass is 79.9. The third-order valence-electron chi connectivity index (χ3n) is 3.66. The molecular weight excluding hydrogens is 328 g/mol. The van der Waals surface area contributed by atoms with E-state index in [4.69, 9.17) is 0 Å². The van der Waals surface area contributed by atoms with Crippen molar-refractivity contribution in [2.75, 3.05) is 7.05 Å². The van der Waals surface area contributed by atoms with E-state index in [1.165, 1.54) is 0 Å². The number of carbonyl (C=O) groups excluding carboxylic acids is 1. The molecule has 4 heteroatoms. The number of hydrogen-bond acceptors (Lipinski definition) is 2. The van der Waals surface area contributed by atoms with Gasteiger partial charge < -0.3 is 4.90 Å². The molecule has 0 aliphatic heterocycles. The molecule has 0 heterocycles. The summed E-state index contributed by atoms with van der Waals surface area (Å²) in [6.07, 6.45) is 2.93. The summed E-state index contributed by atoms with van der Waals surface area (Å²) in [4.78, 5) is 14.4. The molecule has 0 aliphatic carbocycles. The van der Waals surface area contributed by atoms with Crippen LogP contribution in [-0.4, -0.2) is 17.9 Å². The van der Waals surface area contributed by atoms with Crippen LogP contribution in [0.4, 0.5) is 0 Å². The number of amides is 1. The van der Waals surface area contributed by atoms with Gasteiger partial charge in [-0.05, 0) is 30.5 Å². The van der Waals surface area contributed by atoms with Crippen molar-refractivity contribution in [3.8, 4) is 6.07 Å². The quantitative estimate of drug-likeness (QED) is 0.725. The minimum atomic E-state index is -0.867. The molecule has 0 radical (unpaired) electrons. The van der Waals surface area contributed by atoms with E-state index in [-0.39, 0.29) is 5.91 Å². The van der Waals surface area contributed by atoms with Crippen LogP contribution in [0.25, 0.3) is 0 Å². The number of hydrogen-bond donors (Lipinski definition) is 0. The Balaban J connectivity index is 2.87. The Morgan fingerprint density at radius 1 is 1.24 bits per heavy atom. The van der Waals surface area contributed by atoms with E-state index in [9.17, 15) is 10.1 Å². The van der Waals surface area contributed by atoms with Crippen LogP contribution in [0.1, 0.15) is 45.1 Å². The summed E-state index contributed by atoms with van der Waals surface area (Å²) in [7, 11) is 1.78. The minimum Gasteiger partial charge on any atom is -0.340 e. The van der Waals surface area contributed by atoms with Crippen molar-refractivity contribution >= 4 is 21.8 Å². The van der Waals surface area contributed by atoms with E-state index in [1.54, 1.807) is 11.9 Å². The van der Waals surface area contributed by atoms with Crippen LogP contribution in [0.15, 0.2) is 28.7 Å². The van der Waals surface area contributed by atoms with Gasteiger partial charge in [0.2, 0.25) is 5.91 Å². The minimum absolute atomic E-state index is 0.0587. The van der Waals surface area contributed by atoms with Gasteiger partial charge in [0.25, 0.3) is 0 Å². The highest BCUT2D eigenvalue weighted by molar-refractivity contribution is 9.10. The summed E-state index contributed by atoms with van der Waals surface area (Å²) in [5.74, 6) is -0.0587. The Hall–Kier alpha value is -1.34. The van der Waals surface area contributed by atoms with Crippen LogP contribution in [0.2, 0.25) is 0 Å². The number of nitriles is 1. The molecule has 0 saturated carbocycles. The number of halogens is 1. The molecule has 0 N–H and O–H groups in total. The average Bonchev–Trinajstić information content (AvgIpc) is 2.48. The predicted octanol–water partition coefficient (Wildman–Crippen LogP) is 4.52. The second-order valence-corrected chi connectivity index (χ2v) is 6.40. The van der Waals surface area contributed by atoms with E-state index in [2.05, 4.69) is 22.0 Å². The molecule has 1 aromatic rings. The van der Waals surface area contributed by atoms with Gasteiger partial charge in [-0.1, -0.05) is 54.8 Å². The zero-order valence-corrected chi connectivity index (χ0v) is 14.6. The maximum Gasteiger partial charge on any atom is 0.243 e. The molecule has 1 aromatic carbocycles. The van der Waals surface area contributed by atoms with Crippen molar-refractivity contribution in [3.63, 3.8) is 0 Å². The smallest absolute Gasteiger partial charge is 0.243 e. The average molecular weight is 351 g/mol. The monoisotopic (exact) mass is 350 g/mol. The van der Waals surface area contributed by atoms with Gasteiger partial charge in [-0.25, -0.2) is 0 Å². The summed E-state index contributed by atoms with van der Waals surface area (Å²) in [5.41, 5.74) is 0.196. The van der Waals surface area contributed by atoms with Crippen molar-refractivity contribution in [2.45, 2.75) is 46.1 Å².